The van der Waals surface area contributed by atoms with Crippen LogP contribution in [0.1, 0.15) is 11.3 Å². The fraction of sp³-hybridized carbons (Fsp3) is 0.182. The van der Waals surface area contributed by atoms with Crippen molar-refractivity contribution in [2.45, 2.75) is 13.8 Å². The molecular weight excluding hydrogens is 369 g/mol. The van der Waals surface area contributed by atoms with Crippen LogP contribution in [0.3, 0.4) is 0 Å². The highest BCUT2D eigenvalue weighted by molar-refractivity contribution is 14.1. The fourth-order valence-corrected chi connectivity index (χ4v) is 2.68. The van der Waals surface area contributed by atoms with Gasteiger partial charge in [-0.25, -0.2) is 0 Å². The number of aromatic nitrogens is 1. The molecule has 78 valence electrons. The SMILES string of the molecule is Cc1cc(Br)c2[nH]c(C)c(I)c(=O)c2c1. The Morgan fingerprint density at radius 1 is 1.33 bits per heavy atom. The van der Waals surface area contributed by atoms with Crippen LogP contribution in [0, 0.1) is 17.4 Å². The van der Waals surface area contributed by atoms with Crippen molar-refractivity contribution in [1.82, 2.24) is 4.98 Å². The van der Waals surface area contributed by atoms with E-state index in [0.717, 1.165) is 30.2 Å². The van der Waals surface area contributed by atoms with Crippen LogP contribution in [-0.2, 0) is 0 Å². The lowest BCUT2D eigenvalue weighted by Gasteiger charge is -2.06. The van der Waals surface area contributed by atoms with Crippen molar-refractivity contribution in [2.75, 3.05) is 0 Å². The van der Waals surface area contributed by atoms with Crippen molar-refractivity contribution < 1.29 is 0 Å². The van der Waals surface area contributed by atoms with E-state index in [2.05, 4.69) is 43.5 Å². The molecule has 1 heterocycles. The van der Waals surface area contributed by atoms with Gasteiger partial charge >= 0.3 is 0 Å². The summed E-state index contributed by atoms with van der Waals surface area (Å²) in [5.41, 5.74) is 2.98. The molecule has 0 saturated carbocycles. The van der Waals surface area contributed by atoms with Gasteiger partial charge in [-0.3, -0.25) is 4.79 Å². The van der Waals surface area contributed by atoms with Crippen molar-refractivity contribution in [3.63, 3.8) is 0 Å². The number of halogens is 2. The first-order valence-electron chi connectivity index (χ1n) is 4.49. The Morgan fingerprint density at radius 2 is 2.00 bits per heavy atom. The number of H-pyrrole nitrogens is 1. The number of rotatable bonds is 0. The summed E-state index contributed by atoms with van der Waals surface area (Å²) in [5.74, 6) is 0. The normalized spacial score (nSPS) is 10.9. The molecule has 1 aromatic heterocycles. The first-order valence-corrected chi connectivity index (χ1v) is 6.36. The van der Waals surface area contributed by atoms with Crippen molar-refractivity contribution in [3.8, 4) is 0 Å². The van der Waals surface area contributed by atoms with E-state index in [1.54, 1.807) is 0 Å². The second-order valence-electron chi connectivity index (χ2n) is 3.56. The van der Waals surface area contributed by atoms with E-state index in [9.17, 15) is 4.79 Å². The van der Waals surface area contributed by atoms with E-state index < -0.39 is 0 Å². The minimum Gasteiger partial charge on any atom is -0.357 e. The third kappa shape index (κ3) is 1.85. The quantitative estimate of drug-likeness (QED) is 0.700. The van der Waals surface area contributed by atoms with Crippen LogP contribution in [-0.4, -0.2) is 4.98 Å². The number of benzene rings is 1. The van der Waals surface area contributed by atoms with Gasteiger partial charge in [0, 0.05) is 15.6 Å². The minimum absolute atomic E-state index is 0.103. The van der Waals surface area contributed by atoms with E-state index in [-0.39, 0.29) is 5.43 Å². The molecule has 0 amide bonds. The Morgan fingerprint density at radius 3 is 2.67 bits per heavy atom. The maximum absolute atomic E-state index is 12.0. The summed E-state index contributed by atoms with van der Waals surface area (Å²) in [5, 5.41) is 0.747. The molecule has 0 unspecified atom stereocenters. The van der Waals surface area contributed by atoms with E-state index in [0.29, 0.717) is 0 Å². The number of nitrogens with one attached hydrogen (secondary N) is 1. The Kier molecular flexibility index (Phi) is 2.89. The maximum Gasteiger partial charge on any atom is 0.202 e. The molecule has 0 atom stereocenters. The monoisotopic (exact) mass is 377 g/mol. The maximum atomic E-state index is 12.0. The van der Waals surface area contributed by atoms with Gasteiger partial charge in [-0.1, -0.05) is 0 Å². The molecule has 0 spiro atoms. The highest BCUT2D eigenvalue weighted by Gasteiger charge is 2.09. The van der Waals surface area contributed by atoms with Gasteiger partial charge in [-0.15, -0.1) is 0 Å². The third-order valence-corrected chi connectivity index (χ3v) is 4.24. The summed E-state index contributed by atoms with van der Waals surface area (Å²) in [6.07, 6.45) is 0. The Bertz CT molecular complexity index is 604. The zero-order valence-electron chi connectivity index (χ0n) is 8.32. The fourth-order valence-electron chi connectivity index (χ4n) is 1.58. The molecule has 0 fully saturated rings. The third-order valence-electron chi connectivity index (χ3n) is 2.32. The average molecular weight is 378 g/mol. The first kappa shape index (κ1) is 11.1. The molecule has 2 rings (SSSR count). The summed E-state index contributed by atoms with van der Waals surface area (Å²) in [6, 6.07) is 3.92. The summed E-state index contributed by atoms with van der Waals surface area (Å²) in [6.45, 7) is 3.89. The van der Waals surface area contributed by atoms with Crippen LogP contribution in [0.2, 0.25) is 0 Å². The number of hydrogen-bond acceptors (Lipinski definition) is 1. The highest BCUT2D eigenvalue weighted by Crippen LogP contribution is 2.23. The predicted molar refractivity (Wildman–Crippen MR) is 74.5 cm³/mol. The lowest BCUT2D eigenvalue weighted by Crippen LogP contribution is -2.10. The first-order chi connectivity index (χ1) is 7.00. The van der Waals surface area contributed by atoms with E-state index in [1.165, 1.54) is 0 Å². The van der Waals surface area contributed by atoms with Gasteiger partial charge < -0.3 is 4.98 Å². The van der Waals surface area contributed by atoms with Gasteiger partial charge in [0.2, 0.25) is 5.43 Å². The summed E-state index contributed by atoms with van der Waals surface area (Å²) in [7, 11) is 0. The second-order valence-corrected chi connectivity index (χ2v) is 5.50. The van der Waals surface area contributed by atoms with E-state index in [1.807, 2.05) is 26.0 Å². The molecule has 0 saturated heterocycles. The van der Waals surface area contributed by atoms with Crippen LogP contribution >= 0.6 is 38.5 Å². The zero-order chi connectivity index (χ0) is 11.2. The lowest BCUT2D eigenvalue weighted by atomic mass is 10.1. The van der Waals surface area contributed by atoms with E-state index in [4.69, 9.17) is 0 Å². The van der Waals surface area contributed by atoms with Gasteiger partial charge in [0.15, 0.2) is 0 Å². The minimum atomic E-state index is 0.103. The predicted octanol–water partition coefficient (Wildman–Crippen LogP) is 3.51. The van der Waals surface area contributed by atoms with Gasteiger partial charge in [0.05, 0.1) is 9.09 Å². The average Bonchev–Trinajstić information content (AvgIpc) is 2.17. The van der Waals surface area contributed by atoms with Crippen molar-refractivity contribution in [1.29, 1.82) is 0 Å². The number of hydrogen-bond donors (Lipinski definition) is 1. The Hall–Kier alpha value is -0.360. The topological polar surface area (TPSA) is 32.9 Å². The summed E-state index contributed by atoms with van der Waals surface area (Å²) < 4.78 is 1.70. The Labute approximate surface area is 109 Å². The Balaban J connectivity index is 3.06. The lowest BCUT2D eigenvalue weighted by molar-refractivity contribution is 1.21. The molecule has 0 radical (unpaired) electrons. The molecule has 4 heteroatoms. The molecular formula is C11H9BrINO. The molecule has 0 aliphatic carbocycles. The highest BCUT2D eigenvalue weighted by atomic mass is 127. The molecule has 1 aromatic carbocycles. The molecule has 2 aromatic rings. The number of aryl methyl sites for hydroxylation is 2. The molecule has 1 N–H and O–H groups in total. The van der Waals surface area contributed by atoms with Crippen LogP contribution in [0.15, 0.2) is 21.4 Å². The van der Waals surface area contributed by atoms with Gasteiger partial charge in [-0.2, -0.15) is 0 Å². The van der Waals surface area contributed by atoms with Crippen LogP contribution in [0.5, 0.6) is 0 Å². The van der Waals surface area contributed by atoms with Gasteiger partial charge in [-0.05, 0) is 70.1 Å². The molecule has 0 bridgehead atoms. The van der Waals surface area contributed by atoms with Crippen molar-refractivity contribution >= 4 is 49.4 Å². The smallest absolute Gasteiger partial charge is 0.202 e. The second kappa shape index (κ2) is 3.90. The van der Waals surface area contributed by atoms with Gasteiger partial charge in [0.25, 0.3) is 0 Å². The molecule has 0 aliphatic heterocycles. The van der Waals surface area contributed by atoms with Crippen molar-refractivity contribution in [3.05, 3.63) is 41.7 Å². The summed E-state index contributed by atoms with van der Waals surface area (Å²) >= 11 is 5.55. The van der Waals surface area contributed by atoms with Crippen LogP contribution < -0.4 is 5.43 Å². The molecule has 15 heavy (non-hydrogen) atoms. The number of aromatic amines is 1. The van der Waals surface area contributed by atoms with Gasteiger partial charge in [0.1, 0.15) is 0 Å². The number of pyridine rings is 1. The standard InChI is InChI=1S/C11H9BrINO/c1-5-3-7-10(8(12)4-5)14-6(2)9(13)11(7)15/h3-4H,1-2H3,(H,14,15). The van der Waals surface area contributed by atoms with Crippen molar-refractivity contribution in [2.24, 2.45) is 0 Å². The number of fused-ring (bicyclic) bond motifs is 1. The van der Waals surface area contributed by atoms with Crippen LogP contribution in [0.4, 0.5) is 0 Å². The van der Waals surface area contributed by atoms with E-state index >= 15 is 0 Å². The molecule has 0 aliphatic rings. The zero-order valence-corrected chi connectivity index (χ0v) is 12.1. The summed E-state index contributed by atoms with van der Waals surface area (Å²) in [4.78, 5) is 15.2. The molecule has 2 nitrogen and oxygen atoms in total. The van der Waals surface area contributed by atoms with Crippen LogP contribution in [0.25, 0.3) is 10.9 Å². The largest absolute Gasteiger partial charge is 0.357 e.